The summed E-state index contributed by atoms with van der Waals surface area (Å²) in [6.07, 6.45) is 0.817. The number of hydrogen-bond donors (Lipinski definition) is 1. The van der Waals surface area contributed by atoms with Gasteiger partial charge >= 0.3 is 0 Å². The van der Waals surface area contributed by atoms with Gasteiger partial charge in [-0.05, 0) is 47.9 Å². The second-order valence-electron chi connectivity index (χ2n) is 5.66. The summed E-state index contributed by atoms with van der Waals surface area (Å²) in [5.41, 5.74) is 3.51. The van der Waals surface area contributed by atoms with Crippen LogP contribution in [0.3, 0.4) is 0 Å². The van der Waals surface area contributed by atoms with E-state index in [9.17, 15) is 14.5 Å². The molecule has 0 bridgehead atoms. The minimum atomic E-state index is -0.437. The Morgan fingerprint density at radius 2 is 1.68 bits per heavy atom. The monoisotopic (exact) mass is 336 g/mol. The molecule has 0 saturated carbocycles. The average molecular weight is 336 g/mol. The highest BCUT2D eigenvalue weighted by molar-refractivity contribution is 5.78. The first kappa shape index (κ1) is 16.6. The molecule has 0 fully saturated rings. The predicted octanol–water partition coefficient (Wildman–Crippen LogP) is 5.06. The molecular formula is C20H17FN2O2. The number of halogens is 1. The van der Waals surface area contributed by atoms with E-state index >= 15 is 0 Å². The van der Waals surface area contributed by atoms with Crippen LogP contribution in [0.1, 0.15) is 5.56 Å². The third-order valence-electron chi connectivity index (χ3n) is 3.94. The summed E-state index contributed by atoms with van der Waals surface area (Å²) in [5, 5.41) is 14.0. The summed E-state index contributed by atoms with van der Waals surface area (Å²) >= 11 is 0. The van der Waals surface area contributed by atoms with E-state index in [-0.39, 0.29) is 11.5 Å². The number of non-ortho nitro benzene ring substituents is 1. The molecule has 0 aliphatic heterocycles. The summed E-state index contributed by atoms with van der Waals surface area (Å²) in [5.74, 6) is -0.326. The zero-order chi connectivity index (χ0) is 17.6. The van der Waals surface area contributed by atoms with E-state index in [1.165, 1.54) is 29.8 Å². The zero-order valence-electron chi connectivity index (χ0n) is 13.5. The SMILES string of the molecule is O=[N+]([O-])c1ccc(-c2ccc(F)cc2NCCc2ccccc2)cc1. The fourth-order valence-corrected chi connectivity index (χ4v) is 2.66. The number of nitrogens with zero attached hydrogens (tertiary/aromatic N) is 1. The van der Waals surface area contributed by atoms with Crippen molar-refractivity contribution in [1.29, 1.82) is 0 Å². The first-order valence-electron chi connectivity index (χ1n) is 7.95. The number of nitrogens with one attached hydrogen (secondary N) is 1. The number of anilines is 1. The van der Waals surface area contributed by atoms with E-state index in [0.29, 0.717) is 12.2 Å². The highest BCUT2D eigenvalue weighted by Gasteiger charge is 2.09. The lowest BCUT2D eigenvalue weighted by Gasteiger charge is -2.13. The number of nitro groups is 1. The smallest absolute Gasteiger partial charge is 0.269 e. The molecular weight excluding hydrogens is 319 g/mol. The Kier molecular flexibility index (Phi) is 5.04. The summed E-state index contributed by atoms with van der Waals surface area (Å²) in [7, 11) is 0. The summed E-state index contributed by atoms with van der Waals surface area (Å²) in [6, 6.07) is 20.8. The van der Waals surface area contributed by atoms with Gasteiger partial charge in [0.1, 0.15) is 5.82 Å². The van der Waals surface area contributed by atoms with Gasteiger partial charge < -0.3 is 5.32 Å². The molecule has 1 N–H and O–H groups in total. The molecule has 0 unspecified atom stereocenters. The van der Waals surface area contributed by atoms with Gasteiger partial charge in [0.2, 0.25) is 0 Å². The Morgan fingerprint density at radius 1 is 0.960 bits per heavy atom. The molecule has 3 rings (SSSR count). The fourth-order valence-electron chi connectivity index (χ4n) is 2.66. The van der Waals surface area contributed by atoms with Crippen LogP contribution in [0.15, 0.2) is 72.8 Å². The Morgan fingerprint density at radius 3 is 2.36 bits per heavy atom. The van der Waals surface area contributed by atoms with Crippen LogP contribution in [0.5, 0.6) is 0 Å². The Hall–Kier alpha value is -3.21. The molecule has 126 valence electrons. The molecule has 0 radical (unpaired) electrons. The van der Waals surface area contributed by atoms with Crippen molar-refractivity contribution in [3.05, 3.63) is 94.3 Å². The topological polar surface area (TPSA) is 55.2 Å². The summed E-state index contributed by atoms with van der Waals surface area (Å²) in [6.45, 7) is 0.660. The molecule has 4 nitrogen and oxygen atoms in total. The Bertz CT molecular complexity index is 865. The lowest BCUT2D eigenvalue weighted by molar-refractivity contribution is -0.384. The molecule has 0 amide bonds. The maximum atomic E-state index is 13.7. The maximum Gasteiger partial charge on any atom is 0.269 e. The fraction of sp³-hybridized carbons (Fsp3) is 0.100. The number of rotatable bonds is 6. The minimum absolute atomic E-state index is 0.0319. The lowest BCUT2D eigenvalue weighted by Crippen LogP contribution is -2.06. The third kappa shape index (κ3) is 4.20. The van der Waals surface area contributed by atoms with E-state index in [1.807, 2.05) is 30.3 Å². The molecule has 0 aromatic heterocycles. The van der Waals surface area contributed by atoms with E-state index < -0.39 is 4.92 Å². The lowest BCUT2D eigenvalue weighted by atomic mass is 10.0. The first-order chi connectivity index (χ1) is 12.1. The van der Waals surface area contributed by atoms with Gasteiger partial charge in [0.05, 0.1) is 4.92 Å². The summed E-state index contributed by atoms with van der Waals surface area (Å²) < 4.78 is 13.7. The van der Waals surface area contributed by atoms with E-state index in [2.05, 4.69) is 5.32 Å². The van der Waals surface area contributed by atoms with Gasteiger partial charge in [-0.15, -0.1) is 0 Å². The minimum Gasteiger partial charge on any atom is -0.384 e. The van der Waals surface area contributed by atoms with E-state index in [4.69, 9.17) is 0 Å². The van der Waals surface area contributed by atoms with Crippen LogP contribution < -0.4 is 5.32 Å². The van der Waals surface area contributed by atoms with E-state index in [0.717, 1.165) is 17.5 Å². The molecule has 0 saturated heterocycles. The van der Waals surface area contributed by atoms with Crippen molar-refractivity contribution in [1.82, 2.24) is 0 Å². The van der Waals surface area contributed by atoms with Crippen molar-refractivity contribution >= 4 is 11.4 Å². The van der Waals surface area contributed by atoms with Crippen molar-refractivity contribution in [3.63, 3.8) is 0 Å². The van der Waals surface area contributed by atoms with Crippen molar-refractivity contribution in [2.75, 3.05) is 11.9 Å². The molecule has 0 spiro atoms. The first-order valence-corrected chi connectivity index (χ1v) is 7.95. The molecule has 0 aliphatic rings. The molecule has 3 aromatic rings. The van der Waals surface area contributed by atoms with Crippen molar-refractivity contribution in [2.45, 2.75) is 6.42 Å². The second-order valence-corrected chi connectivity index (χ2v) is 5.66. The largest absolute Gasteiger partial charge is 0.384 e. The van der Waals surface area contributed by atoms with Crippen molar-refractivity contribution in [2.24, 2.45) is 0 Å². The van der Waals surface area contributed by atoms with Crippen LogP contribution in [0.2, 0.25) is 0 Å². The van der Waals surface area contributed by atoms with Gasteiger partial charge in [-0.3, -0.25) is 10.1 Å². The van der Waals surface area contributed by atoms with Crippen LogP contribution >= 0.6 is 0 Å². The molecule has 0 atom stereocenters. The van der Waals surface area contributed by atoms with Gasteiger partial charge in [0.15, 0.2) is 0 Å². The highest BCUT2D eigenvalue weighted by atomic mass is 19.1. The van der Waals surface area contributed by atoms with Crippen LogP contribution in [-0.4, -0.2) is 11.5 Å². The van der Waals surface area contributed by atoms with Gasteiger partial charge in [0.25, 0.3) is 5.69 Å². The maximum absolute atomic E-state index is 13.7. The molecule has 25 heavy (non-hydrogen) atoms. The van der Waals surface area contributed by atoms with Crippen LogP contribution in [0.25, 0.3) is 11.1 Å². The molecule has 0 heterocycles. The number of benzene rings is 3. The van der Waals surface area contributed by atoms with Gasteiger partial charge in [0, 0.05) is 29.9 Å². The van der Waals surface area contributed by atoms with Crippen LogP contribution in [0, 0.1) is 15.9 Å². The van der Waals surface area contributed by atoms with Crippen molar-refractivity contribution < 1.29 is 9.31 Å². The zero-order valence-corrected chi connectivity index (χ0v) is 13.5. The van der Waals surface area contributed by atoms with Crippen LogP contribution in [0.4, 0.5) is 15.8 Å². The standard InChI is InChI=1S/C20H17FN2O2/c21-17-8-11-19(16-6-9-18(10-7-16)23(24)25)20(14-17)22-13-12-15-4-2-1-3-5-15/h1-11,14,22H,12-13H2. The number of hydrogen-bond acceptors (Lipinski definition) is 3. The summed E-state index contributed by atoms with van der Waals surface area (Å²) in [4.78, 5) is 10.3. The predicted molar refractivity (Wildman–Crippen MR) is 97.1 cm³/mol. The normalized spacial score (nSPS) is 10.4. The third-order valence-corrected chi connectivity index (χ3v) is 3.94. The highest BCUT2D eigenvalue weighted by Crippen LogP contribution is 2.30. The van der Waals surface area contributed by atoms with Gasteiger partial charge in [-0.2, -0.15) is 0 Å². The Balaban J connectivity index is 1.79. The molecule has 5 heteroatoms. The Labute approximate surface area is 145 Å². The quantitative estimate of drug-likeness (QED) is 0.506. The van der Waals surface area contributed by atoms with Gasteiger partial charge in [-0.25, -0.2) is 4.39 Å². The second kappa shape index (κ2) is 7.57. The van der Waals surface area contributed by atoms with Gasteiger partial charge in [-0.1, -0.05) is 30.3 Å². The van der Waals surface area contributed by atoms with Crippen molar-refractivity contribution in [3.8, 4) is 11.1 Å². The van der Waals surface area contributed by atoms with E-state index in [1.54, 1.807) is 18.2 Å². The average Bonchev–Trinajstić information content (AvgIpc) is 2.63. The molecule has 3 aromatic carbocycles. The number of nitro benzene ring substituents is 1. The van der Waals surface area contributed by atoms with Crippen LogP contribution in [-0.2, 0) is 6.42 Å². The molecule has 0 aliphatic carbocycles.